The van der Waals surface area contributed by atoms with E-state index >= 15 is 0 Å². The molecule has 0 aliphatic carbocycles. The van der Waals surface area contributed by atoms with Crippen LogP contribution >= 0.6 is 11.6 Å². The number of hydrogen-bond donors (Lipinski definition) is 0. The van der Waals surface area contributed by atoms with E-state index in [1.54, 1.807) is 0 Å². The molecule has 1 aromatic rings. The number of carbonyl (C=O) groups is 1. The maximum absolute atomic E-state index is 11.7. The fourth-order valence-electron chi connectivity index (χ4n) is 3.04. The molecule has 0 radical (unpaired) electrons. The van der Waals surface area contributed by atoms with E-state index in [2.05, 4.69) is 14.9 Å². The van der Waals surface area contributed by atoms with E-state index in [4.69, 9.17) is 11.6 Å². The van der Waals surface area contributed by atoms with Crippen LogP contribution in [0.2, 0.25) is 5.15 Å². The number of hydrogen-bond acceptors (Lipinski definition) is 4. The first kappa shape index (κ1) is 13.6. The number of amides is 1. The molecule has 0 bridgehead atoms. The molecule has 1 aromatic heterocycles. The van der Waals surface area contributed by atoms with Gasteiger partial charge < -0.3 is 9.80 Å². The summed E-state index contributed by atoms with van der Waals surface area (Å²) >= 11 is 6.21. The summed E-state index contributed by atoms with van der Waals surface area (Å²) in [6, 6.07) is 0.328. The Kier molecular flexibility index (Phi) is 3.54. The van der Waals surface area contributed by atoms with Crippen molar-refractivity contribution < 1.29 is 4.79 Å². The highest BCUT2D eigenvalue weighted by Gasteiger charge is 2.36. The van der Waals surface area contributed by atoms with Crippen LogP contribution in [0.1, 0.15) is 31.2 Å². The SMILES string of the molecule is CCc1nc(Cl)c(C)c(N2CCN3C(=O)CCC3C2)n1. The third kappa shape index (κ3) is 2.24. The molecule has 0 aromatic carbocycles. The molecular weight excluding hydrogens is 276 g/mol. The van der Waals surface area contributed by atoms with Crippen LogP contribution in [-0.4, -0.2) is 46.5 Å². The van der Waals surface area contributed by atoms with Crippen molar-refractivity contribution in [1.29, 1.82) is 0 Å². The predicted octanol–water partition coefficient (Wildman–Crippen LogP) is 1.81. The summed E-state index contributed by atoms with van der Waals surface area (Å²) in [6.45, 7) is 6.44. The Morgan fingerprint density at radius 3 is 2.90 bits per heavy atom. The van der Waals surface area contributed by atoms with Gasteiger partial charge >= 0.3 is 0 Å². The summed E-state index contributed by atoms with van der Waals surface area (Å²) in [5.74, 6) is 2.00. The van der Waals surface area contributed by atoms with E-state index in [0.717, 1.165) is 49.7 Å². The van der Waals surface area contributed by atoms with Crippen LogP contribution in [0, 0.1) is 6.92 Å². The van der Waals surface area contributed by atoms with Crippen molar-refractivity contribution in [2.24, 2.45) is 0 Å². The molecule has 1 atom stereocenters. The molecule has 2 fully saturated rings. The molecule has 6 heteroatoms. The predicted molar refractivity (Wildman–Crippen MR) is 78.1 cm³/mol. The molecule has 1 amide bonds. The summed E-state index contributed by atoms with van der Waals surface area (Å²) < 4.78 is 0. The van der Waals surface area contributed by atoms with E-state index in [1.807, 2.05) is 18.7 Å². The van der Waals surface area contributed by atoms with Gasteiger partial charge in [0.15, 0.2) is 0 Å². The van der Waals surface area contributed by atoms with Crippen molar-refractivity contribution in [3.63, 3.8) is 0 Å². The van der Waals surface area contributed by atoms with Gasteiger partial charge in [0, 0.05) is 44.1 Å². The van der Waals surface area contributed by atoms with Gasteiger partial charge in [-0.25, -0.2) is 9.97 Å². The van der Waals surface area contributed by atoms with Crippen molar-refractivity contribution in [2.45, 2.75) is 39.2 Å². The number of nitrogens with zero attached hydrogens (tertiary/aromatic N) is 4. The van der Waals surface area contributed by atoms with Gasteiger partial charge in [-0.3, -0.25) is 4.79 Å². The van der Waals surface area contributed by atoms with E-state index in [9.17, 15) is 4.79 Å². The van der Waals surface area contributed by atoms with Gasteiger partial charge in [0.2, 0.25) is 5.91 Å². The van der Waals surface area contributed by atoms with Crippen LogP contribution in [0.5, 0.6) is 0 Å². The lowest BCUT2D eigenvalue weighted by atomic mass is 10.1. The Balaban J connectivity index is 1.87. The lowest BCUT2D eigenvalue weighted by Crippen LogP contribution is -2.52. The Bertz CT molecular complexity index is 548. The first-order chi connectivity index (χ1) is 9.60. The Morgan fingerprint density at radius 1 is 1.35 bits per heavy atom. The second-order valence-corrected chi connectivity index (χ2v) is 5.82. The summed E-state index contributed by atoms with van der Waals surface area (Å²) in [5, 5.41) is 0.539. The summed E-state index contributed by atoms with van der Waals surface area (Å²) in [4.78, 5) is 24.9. The maximum Gasteiger partial charge on any atom is 0.223 e. The zero-order valence-corrected chi connectivity index (χ0v) is 12.7. The lowest BCUT2D eigenvalue weighted by Gasteiger charge is -2.38. The number of anilines is 1. The topological polar surface area (TPSA) is 49.3 Å². The van der Waals surface area contributed by atoms with Crippen molar-refractivity contribution in [3.8, 4) is 0 Å². The van der Waals surface area contributed by atoms with E-state index < -0.39 is 0 Å². The number of fused-ring (bicyclic) bond motifs is 1. The first-order valence-electron chi connectivity index (χ1n) is 7.17. The van der Waals surface area contributed by atoms with Gasteiger partial charge in [-0.05, 0) is 13.3 Å². The number of carbonyl (C=O) groups excluding carboxylic acids is 1. The average molecular weight is 295 g/mol. The number of aryl methyl sites for hydroxylation is 1. The third-order valence-electron chi connectivity index (χ3n) is 4.22. The molecule has 2 aliphatic heterocycles. The first-order valence-corrected chi connectivity index (χ1v) is 7.55. The number of rotatable bonds is 2. The van der Waals surface area contributed by atoms with Gasteiger partial charge in [0.05, 0.1) is 0 Å². The molecule has 108 valence electrons. The molecule has 0 saturated carbocycles. The molecule has 1 unspecified atom stereocenters. The Morgan fingerprint density at radius 2 is 2.15 bits per heavy atom. The number of aromatic nitrogens is 2. The van der Waals surface area contributed by atoms with Crippen LogP contribution < -0.4 is 4.90 Å². The summed E-state index contributed by atoms with van der Waals surface area (Å²) in [6.07, 6.45) is 2.41. The van der Waals surface area contributed by atoms with Crippen LogP contribution in [-0.2, 0) is 11.2 Å². The Hall–Kier alpha value is -1.36. The largest absolute Gasteiger partial charge is 0.352 e. The monoisotopic (exact) mass is 294 g/mol. The van der Waals surface area contributed by atoms with E-state index in [1.165, 1.54) is 0 Å². The minimum absolute atomic E-state index is 0.293. The molecule has 3 rings (SSSR count). The standard InChI is InChI=1S/C14H19ClN4O/c1-3-11-16-13(15)9(2)14(17-11)18-6-7-19-10(8-18)4-5-12(19)20/h10H,3-8H2,1-2H3. The molecule has 5 nitrogen and oxygen atoms in total. The maximum atomic E-state index is 11.7. The van der Waals surface area contributed by atoms with Crippen LogP contribution in [0.15, 0.2) is 0 Å². The Labute approximate surface area is 123 Å². The van der Waals surface area contributed by atoms with Crippen molar-refractivity contribution in [3.05, 3.63) is 16.5 Å². The van der Waals surface area contributed by atoms with Gasteiger partial charge in [0.1, 0.15) is 16.8 Å². The van der Waals surface area contributed by atoms with E-state index in [-0.39, 0.29) is 0 Å². The molecule has 0 N–H and O–H groups in total. The number of halogens is 1. The minimum atomic E-state index is 0.293. The van der Waals surface area contributed by atoms with E-state index in [0.29, 0.717) is 23.5 Å². The van der Waals surface area contributed by atoms with Crippen LogP contribution in [0.25, 0.3) is 0 Å². The summed E-state index contributed by atoms with van der Waals surface area (Å²) in [7, 11) is 0. The fraction of sp³-hybridized carbons (Fsp3) is 0.643. The van der Waals surface area contributed by atoms with Gasteiger partial charge in [-0.1, -0.05) is 18.5 Å². The lowest BCUT2D eigenvalue weighted by molar-refractivity contribution is -0.129. The van der Waals surface area contributed by atoms with Crippen molar-refractivity contribution in [2.75, 3.05) is 24.5 Å². The quantitative estimate of drug-likeness (QED) is 0.781. The highest BCUT2D eigenvalue weighted by Crippen LogP contribution is 2.29. The molecule has 20 heavy (non-hydrogen) atoms. The average Bonchev–Trinajstić information content (AvgIpc) is 2.82. The number of piperazine rings is 1. The normalized spacial score (nSPS) is 22.4. The molecular formula is C14H19ClN4O. The summed E-state index contributed by atoms with van der Waals surface area (Å²) in [5.41, 5.74) is 0.932. The third-order valence-corrected chi connectivity index (χ3v) is 4.59. The van der Waals surface area contributed by atoms with Gasteiger partial charge in [-0.2, -0.15) is 0 Å². The van der Waals surface area contributed by atoms with Crippen molar-refractivity contribution in [1.82, 2.24) is 14.9 Å². The highest BCUT2D eigenvalue weighted by atomic mass is 35.5. The van der Waals surface area contributed by atoms with Crippen LogP contribution in [0.3, 0.4) is 0 Å². The second-order valence-electron chi connectivity index (χ2n) is 5.46. The molecule has 3 heterocycles. The molecule has 2 aliphatic rings. The second kappa shape index (κ2) is 5.20. The molecule has 0 spiro atoms. The molecule has 2 saturated heterocycles. The van der Waals surface area contributed by atoms with Gasteiger partial charge in [-0.15, -0.1) is 0 Å². The van der Waals surface area contributed by atoms with Crippen LogP contribution in [0.4, 0.5) is 5.82 Å². The zero-order valence-electron chi connectivity index (χ0n) is 11.9. The zero-order chi connectivity index (χ0) is 14.3. The fourth-order valence-corrected chi connectivity index (χ4v) is 3.23. The smallest absolute Gasteiger partial charge is 0.223 e. The highest BCUT2D eigenvalue weighted by molar-refractivity contribution is 6.30. The van der Waals surface area contributed by atoms with Gasteiger partial charge in [0.25, 0.3) is 0 Å². The minimum Gasteiger partial charge on any atom is -0.352 e. The van der Waals surface area contributed by atoms with Crippen molar-refractivity contribution >= 4 is 23.3 Å².